The maximum atomic E-state index is 14.9. The molecule has 0 aromatic heterocycles. The largest absolute Gasteiger partial charge is 0.495 e. The highest BCUT2D eigenvalue weighted by molar-refractivity contribution is 7.92. The van der Waals surface area contributed by atoms with Crippen LogP contribution in [0.25, 0.3) is 0 Å². The maximum absolute atomic E-state index is 14.9. The zero-order valence-corrected chi connectivity index (χ0v) is 32.1. The van der Waals surface area contributed by atoms with Gasteiger partial charge in [-0.2, -0.15) is 0 Å². The molecule has 4 aromatic carbocycles. The van der Waals surface area contributed by atoms with E-state index in [2.05, 4.69) is 5.32 Å². The summed E-state index contributed by atoms with van der Waals surface area (Å²) < 4.78 is 46.5. The van der Waals surface area contributed by atoms with Crippen LogP contribution in [-0.4, -0.2) is 65.1 Å². The summed E-state index contributed by atoms with van der Waals surface area (Å²) in [7, 11) is -0.345. The van der Waals surface area contributed by atoms with Crippen LogP contribution in [0, 0.1) is 0 Å². The van der Waals surface area contributed by atoms with E-state index in [9.17, 15) is 18.0 Å². The summed E-state index contributed by atoms with van der Waals surface area (Å²) in [6.45, 7) is -0.943. The number of hydrogen-bond donors (Lipinski definition) is 1. The molecule has 52 heavy (non-hydrogen) atoms. The molecule has 5 rings (SSSR count). The Morgan fingerprint density at radius 1 is 0.808 bits per heavy atom. The highest BCUT2D eigenvalue weighted by Crippen LogP contribution is 2.38. The number of amides is 2. The third-order valence-electron chi connectivity index (χ3n) is 8.99. The quantitative estimate of drug-likeness (QED) is 0.132. The van der Waals surface area contributed by atoms with Gasteiger partial charge in [0.2, 0.25) is 11.8 Å². The molecular formula is C38H40Cl3N3O7S. The molecular weight excluding hydrogens is 749 g/mol. The summed E-state index contributed by atoms with van der Waals surface area (Å²) in [5.74, 6) is -0.466. The molecule has 1 aliphatic rings. The minimum atomic E-state index is -4.54. The third kappa shape index (κ3) is 9.06. The van der Waals surface area contributed by atoms with Crippen molar-refractivity contribution in [2.75, 3.05) is 32.2 Å². The second-order valence-corrected chi connectivity index (χ2v) is 15.4. The molecule has 276 valence electrons. The number of nitrogens with zero attached hydrogens (tertiary/aromatic N) is 2. The number of carbonyl (C=O) groups is 2. The third-order valence-corrected chi connectivity index (χ3v) is 11.7. The lowest BCUT2D eigenvalue weighted by Crippen LogP contribution is -2.54. The summed E-state index contributed by atoms with van der Waals surface area (Å²) >= 11 is 19.7. The van der Waals surface area contributed by atoms with Crippen LogP contribution < -0.4 is 23.8 Å². The molecule has 1 unspecified atom stereocenters. The molecule has 0 aliphatic heterocycles. The van der Waals surface area contributed by atoms with Crippen LogP contribution in [0.15, 0.2) is 89.8 Å². The van der Waals surface area contributed by atoms with Crippen LogP contribution in [0.5, 0.6) is 17.2 Å². The fourth-order valence-corrected chi connectivity index (χ4v) is 8.37. The highest BCUT2D eigenvalue weighted by atomic mass is 35.5. The molecule has 14 heteroatoms. The van der Waals surface area contributed by atoms with Crippen LogP contribution in [0.2, 0.25) is 15.1 Å². The van der Waals surface area contributed by atoms with Crippen molar-refractivity contribution in [3.05, 3.63) is 111 Å². The number of carbonyl (C=O) groups excluding carboxylic acids is 2. The fourth-order valence-electron chi connectivity index (χ4n) is 6.25. The molecule has 1 saturated carbocycles. The summed E-state index contributed by atoms with van der Waals surface area (Å²) in [5, 5.41) is 3.92. The first-order valence-electron chi connectivity index (χ1n) is 16.6. The van der Waals surface area contributed by atoms with E-state index in [0.717, 1.165) is 35.6 Å². The Bertz CT molecular complexity index is 1970. The molecule has 10 nitrogen and oxygen atoms in total. The molecule has 1 fully saturated rings. The summed E-state index contributed by atoms with van der Waals surface area (Å²) in [4.78, 5) is 30.4. The number of ether oxygens (including phenoxy) is 3. The molecule has 2 amide bonds. The summed E-state index contributed by atoms with van der Waals surface area (Å²) in [5.41, 5.74) is 1.20. The first-order chi connectivity index (χ1) is 25.0. The number of rotatable bonds is 15. The van der Waals surface area contributed by atoms with Crippen LogP contribution in [0.4, 0.5) is 5.69 Å². The predicted octanol–water partition coefficient (Wildman–Crippen LogP) is 7.57. The zero-order valence-electron chi connectivity index (χ0n) is 29.0. The van der Waals surface area contributed by atoms with Gasteiger partial charge < -0.3 is 24.4 Å². The van der Waals surface area contributed by atoms with Crippen LogP contribution in [0.3, 0.4) is 0 Å². The molecule has 1 N–H and O–H groups in total. The highest BCUT2D eigenvalue weighted by Gasteiger charge is 2.37. The first-order valence-corrected chi connectivity index (χ1v) is 19.2. The molecule has 1 atom stereocenters. The standard InChI is InChI=1S/C38H40Cl3N3O7S/c1-49-34-18-16-26(39)21-32(34)44(52(47,48)28-17-19-35(50-2)36(22-28)51-3)24-37(45)43(23-29-30(40)14-9-15-31(29)41)33(20-25-10-5-4-6-11-25)38(46)42-27-12-7-8-13-27/h4-6,9-11,14-19,21-22,27,33H,7-8,12-13,20,23-24H2,1-3H3,(H,42,46). The first kappa shape index (κ1) is 39.1. The number of anilines is 1. The Labute approximate surface area is 319 Å². The van der Waals surface area contributed by atoms with Crippen molar-refractivity contribution in [1.82, 2.24) is 10.2 Å². The van der Waals surface area contributed by atoms with Crippen LogP contribution in [-0.2, 0) is 32.6 Å². The van der Waals surface area contributed by atoms with Gasteiger partial charge in [0.25, 0.3) is 10.0 Å². The van der Waals surface area contributed by atoms with Gasteiger partial charge in [0.05, 0.1) is 31.9 Å². The van der Waals surface area contributed by atoms with Crippen molar-refractivity contribution in [3.8, 4) is 17.2 Å². The van der Waals surface area contributed by atoms with E-state index in [0.29, 0.717) is 11.3 Å². The summed E-state index contributed by atoms with van der Waals surface area (Å²) in [6.07, 6.45) is 3.74. The number of sulfonamides is 1. The van der Waals surface area contributed by atoms with Crippen molar-refractivity contribution in [3.63, 3.8) is 0 Å². The molecule has 0 bridgehead atoms. The molecule has 1 aliphatic carbocycles. The van der Waals surface area contributed by atoms with Gasteiger partial charge in [0, 0.05) is 45.7 Å². The van der Waals surface area contributed by atoms with Gasteiger partial charge in [-0.25, -0.2) is 8.42 Å². The Morgan fingerprint density at radius 2 is 1.44 bits per heavy atom. The fraction of sp³-hybridized carbons (Fsp3) is 0.316. The Kier molecular flexibility index (Phi) is 13.2. The lowest BCUT2D eigenvalue weighted by Gasteiger charge is -2.35. The van der Waals surface area contributed by atoms with Crippen molar-refractivity contribution in [1.29, 1.82) is 0 Å². The second kappa shape index (κ2) is 17.6. The smallest absolute Gasteiger partial charge is 0.265 e. The van der Waals surface area contributed by atoms with Gasteiger partial charge in [0.15, 0.2) is 11.5 Å². The van der Waals surface area contributed by atoms with E-state index in [1.807, 2.05) is 30.3 Å². The van der Waals surface area contributed by atoms with Crippen molar-refractivity contribution >= 4 is 62.3 Å². The topological polar surface area (TPSA) is 114 Å². The molecule has 0 saturated heterocycles. The second-order valence-electron chi connectivity index (χ2n) is 12.3. The predicted molar refractivity (Wildman–Crippen MR) is 203 cm³/mol. The molecule has 0 heterocycles. The normalized spacial score (nSPS) is 13.7. The van der Waals surface area contributed by atoms with Crippen molar-refractivity contribution in [2.45, 2.75) is 55.6 Å². The minimum absolute atomic E-state index is 0.00359. The average molecular weight is 789 g/mol. The number of nitrogens with one attached hydrogen (secondary N) is 1. The Balaban J connectivity index is 1.65. The lowest BCUT2D eigenvalue weighted by atomic mass is 10.0. The van der Waals surface area contributed by atoms with Crippen LogP contribution >= 0.6 is 34.8 Å². The monoisotopic (exact) mass is 787 g/mol. The van der Waals surface area contributed by atoms with Crippen molar-refractivity contribution < 1.29 is 32.2 Å². The molecule has 0 spiro atoms. The Morgan fingerprint density at radius 3 is 2.08 bits per heavy atom. The lowest BCUT2D eigenvalue weighted by molar-refractivity contribution is -0.140. The van der Waals surface area contributed by atoms with E-state index < -0.39 is 28.5 Å². The number of hydrogen-bond acceptors (Lipinski definition) is 7. The maximum Gasteiger partial charge on any atom is 0.265 e. The summed E-state index contributed by atoms with van der Waals surface area (Å²) in [6, 6.07) is 21.7. The van der Waals surface area contributed by atoms with Gasteiger partial charge >= 0.3 is 0 Å². The molecule has 0 radical (unpaired) electrons. The van der Waals surface area contributed by atoms with Gasteiger partial charge in [-0.05, 0) is 60.9 Å². The minimum Gasteiger partial charge on any atom is -0.495 e. The van der Waals surface area contributed by atoms with E-state index in [4.69, 9.17) is 49.0 Å². The van der Waals surface area contributed by atoms with Gasteiger partial charge in [-0.1, -0.05) is 84.0 Å². The van der Waals surface area contributed by atoms with Crippen LogP contribution in [0.1, 0.15) is 36.8 Å². The molecule has 4 aromatic rings. The Hall–Kier alpha value is -4.16. The average Bonchev–Trinajstić information content (AvgIpc) is 3.66. The number of benzene rings is 4. The van der Waals surface area contributed by atoms with Gasteiger partial charge in [0.1, 0.15) is 18.3 Å². The SMILES string of the molecule is COc1ccc(S(=O)(=O)N(CC(=O)N(Cc2c(Cl)cccc2Cl)C(Cc2ccccc2)C(=O)NC2CCCC2)c2cc(Cl)ccc2OC)cc1OC. The van der Waals surface area contributed by atoms with E-state index >= 15 is 0 Å². The van der Waals surface area contributed by atoms with Gasteiger partial charge in [-0.3, -0.25) is 13.9 Å². The van der Waals surface area contributed by atoms with E-state index in [1.165, 1.54) is 56.6 Å². The number of halogens is 3. The van der Waals surface area contributed by atoms with E-state index in [1.54, 1.807) is 24.3 Å². The van der Waals surface area contributed by atoms with Gasteiger partial charge in [-0.15, -0.1) is 0 Å². The van der Waals surface area contributed by atoms with Crippen molar-refractivity contribution in [2.24, 2.45) is 0 Å². The van der Waals surface area contributed by atoms with E-state index in [-0.39, 0.29) is 62.1 Å². The number of methoxy groups -OCH3 is 3. The zero-order chi connectivity index (χ0) is 37.4.